The Morgan fingerprint density at radius 1 is 1.17 bits per heavy atom. The van der Waals surface area contributed by atoms with Crippen LogP contribution in [0.25, 0.3) is 10.2 Å². The van der Waals surface area contributed by atoms with E-state index in [0.717, 1.165) is 19.5 Å². The lowest BCUT2D eigenvalue weighted by molar-refractivity contribution is 0.0876. The van der Waals surface area contributed by atoms with E-state index < -0.39 is 15.9 Å². The Labute approximate surface area is 146 Å². The van der Waals surface area contributed by atoms with Crippen molar-refractivity contribution in [3.05, 3.63) is 47.6 Å². The minimum absolute atomic E-state index is 0.0854. The summed E-state index contributed by atoms with van der Waals surface area (Å²) in [4.78, 5) is 21.7. The molecule has 1 aromatic carbocycles. The molecule has 0 bridgehead atoms. The molecule has 122 valence electrons. The molecule has 0 unspecified atom stereocenters. The maximum Gasteiger partial charge on any atom is 0.269 e. The molecule has 0 radical (unpaired) electrons. The van der Waals surface area contributed by atoms with Crippen LogP contribution in [0, 0.1) is 0 Å². The highest BCUT2D eigenvalue weighted by molar-refractivity contribution is 7.99. The summed E-state index contributed by atoms with van der Waals surface area (Å²) in [5.41, 5.74) is 0.241. The largest absolute Gasteiger partial charge is 0.269 e. The van der Waals surface area contributed by atoms with Gasteiger partial charge in [0.2, 0.25) is 0 Å². The average molecular weight is 377 g/mol. The van der Waals surface area contributed by atoms with Crippen LogP contribution in [-0.4, -0.2) is 40.9 Å². The number of carbonyl (C=O) groups excluding carboxylic acids is 1. The van der Waals surface area contributed by atoms with Crippen LogP contribution in [0.4, 0.5) is 0 Å². The zero-order valence-electron chi connectivity index (χ0n) is 12.2. The van der Waals surface area contributed by atoms with Crippen LogP contribution < -0.4 is 0 Å². The number of amides is 1. The van der Waals surface area contributed by atoms with Gasteiger partial charge in [0.1, 0.15) is 21.1 Å². The number of thiophene rings is 1. The van der Waals surface area contributed by atoms with Crippen molar-refractivity contribution in [3.63, 3.8) is 0 Å². The van der Waals surface area contributed by atoms with Gasteiger partial charge < -0.3 is 0 Å². The highest BCUT2D eigenvalue weighted by Gasteiger charge is 2.40. The molecule has 3 aromatic rings. The summed E-state index contributed by atoms with van der Waals surface area (Å²) in [6.45, 7) is 0.107. The molecule has 0 saturated heterocycles. The summed E-state index contributed by atoms with van der Waals surface area (Å²) >= 11 is 2.95. The maximum atomic E-state index is 12.5. The molecule has 2 aromatic heterocycles. The van der Waals surface area contributed by atoms with Gasteiger partial charge in [-0.1, -0.05) is 12.1 Å². The molecule has 0 fully saturated rings. The molecular weight excluding hydrogens is 366 g/mol. The molecular formula is C15H11N3O3S3. The van der Waals surface area contributed by atoms with E-state index in [2.05, 4.69) is 9.97 Å². The van der Waals surface area contributed by atoms with Gasteiger partial charge in [0.15, 0.2) is 0 Å². The molecule has 1 aliphatic rings. The molecule has 0 N–H and O–H groups in total. The number of aromatic nitrogens is 2. The van der Waals surface area contributed by atoms with E-state index in [0.29, 0.717) is 5.75 Å². The number of hydrogen-bond donors (Lipinski definition) is 0. The predicted molar refractivity (Wildman–Crippen MR) is 92.8 cm³/mol. The van der Waals surface area contributed by atoms with Crippen LogP contribution in [0.2, 0.25) is 0 Å². The fraction of sp³-hybridized carbons (Fsp3) is 0.133. The number of sulfonamides is 1. The van der Waals surface area contributed by atoms with E-state index in [4.69, 9.17) is 0 Å². The third-order valence-electron chi connectivity index (χ3n) is 3.67. The van der Waals surface area contributed by atoms with Gasteiger partial charge in [-0.15, -0.1) is 23.1 Å². The second-order valence-electron chi connectivity index (χ2n) is 5.05. The SMILES string of the molecule is O=C1c2ccccc2S(=O)(=O)N1CCSc1ncnc2sccc12. The molecule has 0 aliphatic carbocycles. The number of carbonyl (C=O) groups is 1. The monoisotopic (exact) mass is 377 g/mol. The van der Waals surface area contributed by atoms with Crippen LogP contribution in [0.3, 0.4) is 0 Å². The first-order valence-corrected chi connectivity index (χ1v) is 10.4. The van der Waals surface area contributed by atoms with E-state index in [9.17, 15) is 13.2 Å². The van der Waals surface area contributed by atoms with E-state index in [1.165, 1.54) is 35.5 Å². The Hall–Kier alpha value is -1.97. The van der Waals surface area contributed by atoms with Crippen molar-refractivity contribution in [2.24, 2.45) is 0 Å². The molecule has 24 heavy (non-hydrogen) atoms. The Morgan fingerprint density at radius 2 is 2.00 bits per heavy atom. The Kier molecular flexibility index (Phi) is 3.78. The molecule has 9 heteroatoms. The minimum Gasteiger partial charge on any atom is -0.268 e. The van der Waals surface area contributed by atoms with Gasteiger partial charge >= 0.3 is 0 Å². The second-order valence-corrected chi connectivity index (χ2v) is 8.85. The van der Waals surface area contributed by atoms with Gasteiger partial charge in [0.25, 0.3) is 15.9 Å². The maximum absolute atomic E-state index is 12.5. The Morgan fingerprint density at radius 3 is 2.83 bits per heavy atom. The van der Waals surface area contributed by atoms with Crippen LogP contribution >= 0.6 is 23.1 Å². The smallest absolute Gasteiger partial charge is 0.268 e. The standard InChI is InChI=1S/C15H11N3O3S3/c19-15-10-3-1-2-4-12(10)24(20,21)18(15)6-8-23-14-11-5-7-22-13(11)16-9-17-14/h1-5,7,9H,6,8H2. The number of benzene rings is 1. The van der Waals surface area contributed by atoms with E-state index in [-0.39, 0.29) is 17.0 Å². The molecule has 0 spiro atoms. The number of nitrogens with zero attached hydrogens (tertiary/aromatic N) is 3. The van der Waals surface area contributed by atoms with Crippen molar-refractivity contribution in [2.75, 3.05) is 12.3 Å². The lowest BCUT2D eigenvalue weighted by Gasteiger charge is -2.14. The quantitative estimate of drug-likeness (QED) is 0.514. The Bertz CT molecular complexity index is 1050. The summed E-state index contributed by atoms with van der Waals surface area (Å²) < 4.78 is 25.9. The van der Waals surface area contributed by atoms with Gasteiger partial charge in [-0.2, -0.15) is 0 Å². The zero-order chi connectivity index (χ0) is 16.7. The third kappa shape index (κ3) is 2.40. The van der Waals surface area contributed by atoms with Gasteiger partial charge in [-0.05, 0) is 23.6 Å². The summed E-state index contributed by atoms with van der Waals surface area (Å²) in [5, 5.41) is 3.68. The third-order valence-corrected chi connectivity index (χ3v) is 7.32. The first-order valence-electron chi connectivity index (χ1n) is 7.06. The number of thioether (sulfide) groups is 1. The minimum atomic E-state index is -3.74. The number of rotatable bonds is 4. The molecule has 3 heterocycles. The van der Waals surface area contributed by atoms with E-state index in [1.807, 2.05) is 11.4 Å². The van der Waals surface area contributed by atoms with Gasteiger partial charge in [0.05, 0.1) is 5.56 Å². The molecule has 0 saturated carbocycles. The normalized spacial score (nSPS) is 15.8. The van der Waals surface area contributed by atoms with Crippen molar-refractivity contribution in [3.8, 4) is 0 Å². The van der Waals surface area contributed by atoms with Crippen LogP contribution in [-0.2, 0) is 10.0 Å². The molecule has 1 amide bonds. The summed E-state index contributed by atoms with van der Waals surface area (Å²) in [5.74, 6) is -0.0319. The van der Waals surface area contributed by atoms with Crippen LogP contribution in [0.1, 0.15) is 10.4 Å². The summed E-state index contributed by atoms with van der Waals surface area (Å²) in [6.07, 6.45) is 1.49. The van der Waals surface area contributed by atoms with Crippen LogP contribution in [0.5, 0.6) is 0 Å². The average Bonchev–Trinajstić information content (AvgIpc) is 3.13. The Balaban J connectivity index is 1.53. The number of fused-ring (bicyclic) bond motifs is 2. The van der Waals surface area contributed by atoms with Crippen molar-refractivity contribution in [1.82, 2.24) is 14.3 Å². The first-order chi connectivity index (χ1) is 11.6. The van der Waals surface area contributed by atoms with E-state index >= 15 is 0 Å². The highest BCUT2D eigenvalue weighted by Crippen LogP contribution is 2.31. The molecule has 0 atom stereocenters. The second kappa shape index (κ2) is 5.83. The lowest BCUT2D eigenvalue weighted by atomic mass is 10.2. The molecule has 4 rings (SSSR count). The lowest BCUT2D eigenvalue weighted by Crippen LogP contribution is -2.32. The van der Waals surface area contributed by atoms with Crippen molar-refractivity contribution in [1.29, 1.82) is 0 Å². The summed E-state index contributed by atoms with van der Waals surface area (Å²) in [6, 6.07) is 8.24. The van der Waals surface area contributed by atoms with Gasteiger partial charge in [-0.3, -0.25) is 4.79 Å². The van der Waals surface area contributed by atoms with Gasteiger partial charge in [0, 0.05) is 17.7 Å². The van der Waals surface area contributed by atoms with Crippen molar-refractivity contribution >= 4 is 49.2 Å². The van der Waals surface area contributed by atoms with E-state index in [1.54, 1.807) is 18.2 Å². The fourth-order valence-corrected chi connectivity index (χ4v) is 5.95. The molecule has 6 nitrogen and oxygen atoms in total. The zero-order valence-corrected chi connectivity index (χ0v) is 14.7. The number of hydrogen-bond acceptors (Lipinski definition) is 7. The predicted octanol–water partition coefficient (Wildman–Crippen LogP) is 2.63. The fourth-order valence-electron chi connectivity index (χ4n) is 2.56. The first kappa shape index (κ1) is 15.6. The van der Waals surface area contributed by atoms with Crippen molar-refractivity contribution in [2.45, 2.75) is 9.92 Å². The van der Waals surface area contributed by atoms with Crippen LogP contribution in [0.15, 0.2) is 52.0 Å². The van der Waals surface area contributed by atoms with Gasteiger partial charge in [-0.25, -0.2) is 22.7 Å². The molecule has 1 aliphatic heterocycles. The topological polar surface area (TPSA) is 80.2 Å². The highest BCUT2D eigenvalue weighted by atomic mass is 32.2. The van der Waals surface area contributed by atoms with Crippen molar-refractivity contribution < 1.29 is 13.2 Å². The summed E-state index contributed by atoms with van der Waals surface area (Å²) in [7, 11) is -3.74.